The maximum Gasteiger partial charge on any atom is 0.293 e. The number of hydrogen-bond acceptors (Lipinski definition) is 6. The van der Waals surface area contributed by atoms with Gasteiger partial charge in [0.1, 0.15) is 0 Å². The van der Waals surface area contributed by atoms with E-state index in [0.29, 0.717) is 18.2 Å². The van der Waals surface area contributed by atoms with Gasteiger partial charge in [-0.05, 0) is 23.7 Å². The molecular formula is C9H10ClN3O3. The van der Waals surface area contributed by atoms with E-state index in [1.807, 2.05) is 0 Å². The summed E-state index contributed by atoms with van der Waals surface area (Å²) in [5, 5.41) is 3.99. The highest BCUT2D eigenvalue weighted by molar-refractivity contribution is 6.28. The minimum absolute atomic E-state index is 0.244. The Morgan fingerprint density at radius 3 is 3.00 bits per heavy atom. The lowest BCUT2D eigenvalue weighted by Crippen LogP contribution is -2.17. The standard InChI is InChI=1S/C9H10ClN3O3/c1-14-4-5(11)8-12-9(16-13-8)6-2-3-7(10)15-6/h2-3,5H,4,11H2,1H3. The van der Waals surface area contributed by atoms with Gasteiger partial charge in [0.15, 0.2) is 16.8 Å². The summed E-state index contributed by atoms with van der Waals surface area (Å²) in [5.74, 6) is 1.02. The lowest BCUT2D eigenvalue weighted by Gasteiger charge is -2.02. The molecule has 16 heavy (non-hydrogen) atoms. The third-order valence-corrected chi connectivity index (χ3v) is 2.11. The van der Waals surface area contributed by atoms with E-state index < -0.39 is 6.04 Å². The summed E-state index contributed by atoms with van der Waals surface area (Å²) < 4.78 is 15.0. The molecule has 0 saturated heterocycles. The number of furan rings is 1. The minimum atomic E-state index is -0.423. The first-order valence-corrected chi connectivity index (χ1v) is 4.92. The fourth-order valence-electron chi connectivity index (χ4n) is 1.17. The van der Waals surface area contributed by atoms with Crippen molar-refractivity contribution in [2.24, 2.45) is 5.73 Å². The second kappa shape index (κ2) is 4.65. The summed E-state index contributed by atoms with van der Waals surface area (Å²) in [5.41, 5.74) is 5.74. The zero-order chi connectivity index (χ0) is 11.5. The van der Waals surface area contributed by atoms with Crippen LogP contribution in [0.2, 0.25) is 5.22 Å². The predicted molar refractivity (Wildman–Crippen MR) is 55.8 cm³/mol. The summed E-state index contributed by atoms with van der Waals surface area (Å²) in [6.07, 6.45) is 0. The molecular weight excluding hydrogens is 234 g/mol. The smallest absolute Gasteiger partial charge is 0.293 e. The monoisotopic (exact) mass is 243 g/mol. The molecule has 1 atom stereocenters. The van der Waals surface area contributed by atoms with Gasteiger partial charge in [0.25, 0.3) is 5.89 Å². The summed E-state index contributed by atoms with van der Waals surface area (Å²) in [6, 6.07) is 2.81. The highest BCUT2D eigenvalue weighted by Gasteiger charge is 2.17. The van der Waals surface area contributed by atoms with Crippen LogP contribution in [0.5, 0.6) is 0 Å². The van der Waals surface area contributed by atoms with Gasteiger partial charge in [-0.1, -0.05) is 5.16 Å². The van der Waals surface area contributed by atoms with E-state index in [-0.39, 0.29) is 11.1 Å². The van der Waals surface area contributed by atoms with Crippen LogP contribution in [0.1, 0.15) is 11.9 Å². The number of methoxy groups -OCH3 is 1. The number of hydrogen-bond donors (Lipinski definition) is 1. The van der Waals surface area contributed by atoms with Crippen LogP contribution in [0.3, 0.4) is 0 Å². The molecule has 0 aliphatic carbocycles. The molecule has 0 fully saturated rings. The number of nitrogens with zero attached hydrogens (tertiary/aromatic N) is 2. The zero-order valence-corrected chi connectivity index (χ0v) is 9.27. The molecule has 0 amide bonds. The van der Waals surface area contributed by atoms with E-state index in [0.717, 1.165) is 0 Å². The highest BCUT2D eigenvalue weighted by atomic mass is 35.5. The molecule has 2 N–H and O–H groups in total. The highest BCUT2D eigenvalue weighted by Crippen LogP contribution is 2.23. The molecule has 0 spiro atoms. The third-order valence-electron chi connectivity index (χ3n) is 1.90. The van der Waals surface area contributed by atoms with Crippen molar-refractivity contribution in [1.82, 2.24) is 10.1 Å². The lowest BCUT2D eigenvalue weighted by atomic mass is 10.3. The van der Waals surface area contributed by atoms with Gasteiger partial charge in [0.05, 0.1) is 12.6 Å². The maximum absolute atomic E-state index is 5.74. The lowest BCUT2D eigenvalue weighted by molar-refractivity contribution is 0.177. The van der Waals surface area contributed by atoms with Crippen molar-refractivity contribution in [1.29, 1.82) is 0 Å². The van der Waals surface area contributed by atoms with Crippen molar-refractivity contribution >= 4 is 11.6 Å². The Hall–Kier alpha value is -1.37. The van der Waals surface area contributed by atoms with Gasteiger partial charge >= 0.3 is 0 Å². The number of halogens is 1. The van der Waals surface area contributed by atoms with Crippen LogP contribution in [0.4, 0.5) is 0 Å². The zero-order valence-electron chi connectivity index (χ0n) is 8.51. The minimum Gasteiger partial charge on any atom is -0.440 e. The van der Waals surface area contributed by atoms with Crippen LogP contribution >= 0.6 is 11.6 Å². The molecule has 0 saturated carbocycles. The van der Waals surface area contributed by atoms with Crippen molar-refractivity contribution in [2.75, 3.05) is 13.7 Å². The molecule has 6 nitrogen and oxygen atoms in total. The quantitative estimate of drug-likeness (QED) is 0.878. The fourth-order valence-corrected chi connectivity index (χ4v) is 1.31. The fraction of sp³-hybridized carbons (Fsp3) is 0.333. The normalized spacial score (nSPS) is 12.9. The van der Waals surface area contributed by atoms with Crippen LogP contribution in [-0.2, 0) is 4.74 Å². The second-order valence-electron chi connectivity index (χ2n) is 3.12. The van der Waals surface area contributed by atoms with Crippen LogP contribution < -0.4 is 5.73 Å². The van der Waals surface area contributed by atoms with Gasteiger partial charge in [-0.15, -0.1) is 0 Å². The summed E-state index contributed by atoms with van der Waals surface area (Å²) in [4.78, 5) is 4.08. The second-order valence-corrected chi connectivity index (χ2v) is 3.50. The van der Waals surface area contributed by atoms with E-state index in [9.17, 15) is 0 Å². The summed E-state index contributed by atoms with van der Waals surface area (Å²) in [6.45, 7) is 0.317. The van der Waals surface area contributed by atoms with Crippen LogP contribution in [0.25, 0.3) is 11.7 Å². The van der Waals surface area contributed by atoms with E-state index >= 15 is 0 Å². The van der Waals surface area contributed by atoms with E-state index in [4.69, 9.17) is 31.0 Å². The molecule has 0 aromatic carbocycles. The topological polar surface area (TPSA) is 87.3 Å². The van der Waals surface area contributed by atoms with Crippen LogP contribution in [0.15, 0.2) is 21.1 Å². The van der Waals surface area contributed by atoms with Gasteiger partial charge < -0.3 is 19.4 Å². The Morgan fingerprint density at radius 1 is 1.56 bits per heavy atom. The molecule has 2 aromatic rings. The van der Waals surface area contributed by atoms with Crippen molar-refractivity contribution in [3.8, 4) is 11.7 Å². The van der Waals surface area contributed by atoms with Gasteiger partial charge in [-0.25, -0.2) is 0 Å². The number of rotatable bonds is 4. The molecule has 2 heterocycles. The first-order valence-electron chi connectivity index (χ1n) is 4.54. The predicted octanol–water partition coefficient (Wildman–Crippen LogP) is 1.63. The largest absolute Gasteiger partial charge is 0.440 e. The van der Waals surface area contributed by atoms with Gasteiger partial charge in [0.2, 0.25) is 0 Å². The van der Waals surface area contributed by atoms with Crippen molar-refractivity contribution in [3.63, 3.8) is 0 Å². The Balaban J connectivity index is 2.19. The number of ether oxygens (including phenoxy) is 1. The molecule has 0 aliphatic rings. The van der Waals surface area contributed by atoms with Crippen molar-refractivity contribution in [2.45, 2.75) is 6.04 Å². The number of nitrogens with two attached hydrogens (primary N) is 1. The van der Waals surface area contributed by atoms with E-state index in [1.54, 1.807) is 19.2 Å². The Kier molecular flexibility index (Phi) is 3.23. The first kappa shape index (κ1) is 11.1. The van der Waals surface area contributed by atoms with Crippen LogP contribution in [0, 0.1) is 0 Å². The molecule has 0 radical (unpaired) electrons. The SMILES string of the molecule is COCC(N)c1noc(-c2ccc(Cl)o2)n1. The Labute approximate surface area is 96.3 Å². The average Bonchev–Trinajstić information content (AvgIpc) is 2.85. The average molecular weight is 244 g/mol. The molecule has 7 heteroatoms. The molecule has 0 bridgehead atoms. The van der Waals surface area contributed by atoms with Crippen molar-refractivity contribution in [3.05, 3.63) is 23.2 Å². The van der Waals surface area contributed by atoms with Gasteiger partial charge in [-0.3, -0.25) is 0 Å². The maximum atomic E-state index is 5.74. The summed E-state index contributed by atoms with van der Waals surface area (Å²) in [7, 11) is 1.55. The van der Waals surface area contributed by atoms with Crippen LogP contribution in [-0.4, -0.2) is 23.9 Å². The number of aromatic nitrogens is 2. The van der Waals surface area contributed by atoms with Gasteiger partial charge in [-0.2, -0.15) is 4.98 Å². The third kappa shape index (κ3) is 2.24. The first-order chi connectivity index (χ1) is 7.70. The Morgan fingerprint density at radius 2 is 2.38 bits per heavy atom. The van der Waals surface area contributed by atoms with Crippen molar-refractivity contribution < 1.29 is 13.7 Å². The molecule has 2 rings (SSSR count). The van der Waals surface area contributed by atoms with E-state index in [2.05, 4.69) is 10.1 Å². The molecule has 1 unspecified atom stereocenters. The molecule has 0 aliphatic heterocycles. The summed E-state index contributed by atoms with van der Waals surface area (Å²) >= 11 is 5.63. The molecule has 2 aromatic heterocycles. The van der Waals surface area contributed by atoms with Gasteiger partial charge in [0, 0.05) is 7.11 Å². The Bertz CT molecular complexity index is 468. The van der Waals surface area contributed by atoms with E-state index in [1.165, 1.54) is 0 Å². The molecule has 86 valence electrons.